The van der Waals surface area contributed by atoms with Crippen molar-refractivity contribution in [3.8, 4) is 11.5 Å². The van der Waals surface area contributed by atoms with Gasteiger partial charge < -0.3 is 9.05 Å². The standard InChI is InChI=1S/C21H22NO3P/c1-16-4-10-19(11-5-16)22-26(23,24-20-12-6-17(2)7-13-20)25-21-14-8-18(3)9-15-21/h4-15H,1-3H3,(H,22,23). The van der Waals surface area contributed by atoms with Crippen LogP contribution >= 0.6 is 7.75 Å². The average Bonchev–Trinajstić information content (AvgIpc) is 2.61. The minimum absolute atomic E-state index is 0.477. The Kier molecular flexibility index (Phi) is 5.34. The molecule has 0 saturated heterocycles. The van der Waals surface area contributed by atoms with E-state index in [0.717, 1.165) is 16.7 Å². The maximum Gasteiger partial charge on any atom is 0.541 e. The quantitative estimate of drug-likeness (QED) is 0.520. The molecule has 0 bridgehead atoms. The number of rotatable bonds is 6. The SMILES string of the molecule is Cc1ccc(NP(=O)(Oc2ccc(C)cc2)Oc2ccc(C)cc2)cc1. The summed E-state index contributed by atoms with van der Waals surface area (Å²) in [5.74, 6) is 0.955. The molecule has 3 rings (SSSR count). The Bertz CT molecular complexity index is 781. The van der Waals surface area contributed by atoms with E-state index in [4.69, 9.17) is 9.05 Å². The molecule has 0 heterocycles. The minimum Gasteiger partial charge on any atom is -0.400 e. The molecule has 0 aliphatic rings. The van der Waals surface area contributed by atoms with Gasteiger partial charge in [0.05, 0.1) is 0 Å². The Morgan fingerprint density at radius 2 is 0.962 bits per heavy atom. The Labute approximate surface area is 154 Å². The molecule has 0 unspecified atom stereocenters. The van der Waals surface area contributed by atoms with Crippen LogP contribution in [0.5, 0.6) is 11.5 Å². The molecule has 26 heavy (non-hydrogen) atoms. The third-order valence-electron chi connectivity index (χ3n) is 3.81. The lowest BCUT2D eigenvalue weighted by Crippen LogP contribution is -2.10. The van der Waals surface area contributed by atoms with Gasteiger partial charge in [-0.15, -0.1) is 0 Å². The van der Waals surface area contributed by atoms with Crippen molar-refractivity contribution in [2.75, 3.05) is 5.09 Å². The fourth-order valence-electron chi connectivity index (χ4n) is 2.33. The van der Waals surface area contributed by atoms with Gasteiger partial charge in [-0.1, -0.05) is 53.1 Å². The second-order valence-electron chi connectivity index (χ2n) is 6.28. The maximum absolute atomic E-state index is 13.4. The molecule has 3 aromatic rings. The van der Waals surface area contributed by atoms with Crippen LogP contribution in [0.2, 0.25) is 0 Å². The monoisotopic (exact) mass is 367 g/mol. The van der Waals surface area contributed by atoms with E-state index in [2.05, 4.69) is 5.09 Å². The van der Waals surface area contributed by atoms with Crippen LogP contribution in [-0.4, -0.2) is 0 Å². The van der Waals surface area contributed by atoms with Gasteiger partial charge in [0.1, 0.15) is 11.5 Å². The van der Waals surface area contributed by atoms with E-state index in [0.29, 0.717) is 17.2 Å². The first-order chi connectivity index (χ1) is 12.4. The van der Waals surface area contributed by atoms with Crippen LogP contribution in [0.3, 0.4) is 0 Å². The third kappa shape index (κ3) is 4.90. The molecule has 0 fully saturated rings. The van der Waals surface area contributed by atoms with Crippen molar-refractivity contribution >= 4 is 13.4 Å². The molecule has 0 aromatic heterocycles. The van der Waals surface area contributed by atoms with E-state index < -0.39 is 7.75 Å². The summed E-state index contributed by atoms with van der Waals surface area (Å²) in [6.07, 6.45) is 0. The van der Waals surface area contributed by atoms with Gasteiger partial charge in [0.2, 0.25) is 0 Å². The van der Waals surface area contributed by atoms with Crippen molar-refractivity contribution in [2.24, 2.45) is 0 Å². The molecule has 134 valence electrons. The van der Waals surface area contributed by atoms with E-state index in [1.807, 2.05) is 69.3 Å². The van der Waals surface area contributed by atoms with Gasteiger partial charge in [0.15, 0.2) is 0 Å². The number of benzene rings is 3. The molecule has 5 heteroatoms. The maximum atomic E-state index is 13.4. The fourth-order valence-corrected chi connectivity index (χ4v) is 3.72. The summed E-state index contributed by atoms with van der Waals surface area (Å²) in [7, 11) is -3.68. The molecule has 0 amide bonds. The Hall–Kier alpha value is -2.71. The van der Waals surface area contributed by atoms with E-state index in [-0.39, 0.29) is 0 Å². The fraction of sp³-hybridized carbons (Fsp3) is 0.143. The zero-order chi connectivity index (χ0) is 18.6. The molecule has 0 saturated carbocycles. The first kappa shape index (κ1) is 18.1. The van der Waals surface area contributed by atoms with E-state index in [1.54, 1.807) is 24.3 Å². The van der Waals surface area contributed by atoms with Crippen LogP contribution in [0.1, 0.15) is 16.7 Å². The molecular weight excluding hydrogens is 345 g/mol. The number of hydrogen-bond acceptors (Lipinski definition) is 3. The van der Waals surface area contributed by atoms with Crippen molar-refractivity contribution < 1.29 is 13.6 Å². The highest BCUT2D eigenvalue weighted by Crippen LogP contribution is 2.48. The second kappa shape index (κ2) is 7.67. The Morgan fingerprint density at radius 1 is 0.615 bits per heavy atom. The zero-order valence-corrected chi connectivity index (χ0v) is 16.0. The summed E-state index contributed by atoms with van der Waals surface area (Å²) < 4.78 is 24.9. The van der Waals surface area contributed by atoms with Gasteiger partial charge in [-0.05, 0) is 57.2 Å². The van der Waals surface area contributed by atoms with Crippen LogP contribution in [0.25, 0.3) is 0 Å². The van der Waals surface area contributed by atoms with Crippen LogP contribution in [0.4, 0.5) is 5.69 Å². The summed E-state index contributed by atoms with van der Waals surface area (Å²) in [5, 5.41) is 2.92. The molecule has 3 aromatic carbocycles. The molecule has 0 aliphatic carbocycles. The van der Waals surface area contributed by atoms with E-state index in [1.165, 1.54) is 0 Å². The van der Waals surface area contributed by atoms with Crippen molar-refractivity contribution in [3.63, 3.8) is 0 Å². The van der Waals surface area contributed by atoms with E-state index >= 15 is 0 Å². The van der Waals surface area contributed by atoms with Crippen LogP contribution in [-0.2, 0) is 4.57 Å². The van der Waals surface area contributed by atoms with Crippen molar-refractivity contribution in [1.29, 1.82) is 0 Å². The van der Waals surface area contributed by atoms with Gasteiger partial charge in [-0.25, -0.2) is 4.57 Å². The van der Waals surface area contributed by atoms with Gasteiger partial charge in [-0.3, -0.25) is 5.09 Å². The molecule has 0 aliphatic heterocycles. The summed E-state index contributed by atoms with van der Waals surface area (Å²) in [4.78, 5) is 0. The first-order valence-corrected chi connectivity index (χ1v) is 9.94. The predicted octanol–water partition coefficient (Wildman–Crippen LogP) is 6.29. The predicted molar refractivity (Wildman–Crippen MR) is 106 cm³/mol. The summed E-state index contributed by atoms with van der Waals surface area (Å²) in [6, 6.07) is 22.3. The largest absolute Gasteiger partial charge is 0.541 e. The lowest BCUT2D eigenvalue weighted by Gasteiger charge is -2.21. The van der Waals surface area contributed by atoms with Gasteiger partial charge in [0.25, 0.3) is 0 Å². The van der Waals surface area contributed by atoms with E-state index in [9.17, 15) is 4.57 Å². The van der Waals surface area contributed by atoms with Crippen LogP contribution in [0, 0.1) is 20.8 Å². The third-order valence-corrected chi connectivity index (χ3v) is 5.25. The number of aryl methyl sites for hydroxylation is 3. The first-order valence-electron chi connectivity index (χ1n) is 8.39. The summed E-state index contributed by atoms with van der Waals surface area (Å²) in [6.45, 7) is 5.96. The van der Waals surface area contributed by atoms with Gasteiger partial charge >= 0.3 is 7.75 Å². The van der Waals surface area contributed by atoms with Gasteiger partial charge in [-0.2, -0.15) is 0 Å². The lowest BCUT2D eigenvalue weighted by atomic mass is 10.2. The number of anilines is 1. The molecule has 4 nitrogen and oxygen atoms in total. The number of nitrogens with one attached hydrogen (secondary N) is 1. The van der Waals surface area contributed by atoms with Crippen molar-refractivity contribution in [2.45, 2.75) is 20.8 Å². The van der Waals surface area contributed by atoms with Gasteiger partial charge in [0, 0.05) is 5.69 Å². The zero-order valence-electron chi connectivity index (χ0n) is 15.1. The van der Waals surface area contributed by atoms with Crippen molar-refractivity contribution in [1.82, 2.24) is 0 Å². The molecule has 0 spiro atoms. The molecular formula is C21H22NO3P. The normalized spacial score (nSPS) is 11.0. The average molecular weight is 367 g/mol. The highest BCUT2D eigenvalue weighted by atomic mass is 31.2. The number of hydrogen-bond donors (Lipinski definition) is 1. The molecule has 1 N–H and O–H groups in total. The van der Waals surface area contributed by atoms with Crippen LogP contribution < -0.4 is 14.1 Å². The Morgan fingerprint density at radius 3 is 1.35 bits per heavy atom. The smallest absolute Gasteiger partial charge is 0.400 e. The topological polar surface area (TPSA) is 47.6 Å². The van der Waals surface area contributed by atoms with Crippen molar-refractivity contribution in [3.05, 3.63) is 89.5 Å². The highest BCUT2D eigenvalue weighted by molar-refractivity contribution is 7.56. The Balaban J connectivity index is 1.88. The minimum atomic E-state index is -3.68. The second-order valence-corrected chi connectivity index (χ2v) is 7.87. The lowest BCUT2D eigenvalue weighted by molar-refractivity contribution is 0.393. The molecule has 0 radical (unpaired) electrons. The summed E-state index contributed by atoms with van der Waals surface area (Å²) in [5.41, 5.74) is 3.97. The molecule has 0 atom stereocenters. The summed E-state index contributed by atoms with van der Waals surface area (Å²) >= 11 is 0. The highest BCUT2D eigenvalue weighted by Gasteiger charge is 2.29. The van der Waals surface area contributed by atoms with Crippen LogP contribution in [0.15, 0.2) is 72.8 Å².